The molecule has 178 valence electrons. The molecule has 5 rings (SSSR count). The summed E-state index contributed by atoms with van der Waals surface area (Å²) in [6.07, 6.45) is -1.87. The number of hydrogen-bond acceptors (Lipinski definition) is 7. The van der Waals surface area contributed by atoms with Crippen LogP contribution in [0.25, 0.3) is 28.2 Å². The van der Waals surface area contributed by atoms with E-state index in [-0.39, 0.29) is 46.0 Å². The van der Waals surface area contributed by atoms with Crippen LogP contribution in [0.5, 0.6) is 0 Å². The molecule has 1 aliphatic heterocycles. The SMILES string of the molecule is Cc1nc2c(-c3ccccc3)c(C(F)(F)F)[nH]n2c(=O)c1-c1nnc(N2CCCCC2CN)o1. The van der Waals surface area contributed by atoms with Crippen molar-refractivity contribution in [1.82, 2.24) is 24.8 Å². The second kappa shape index (κ2) is 8.28. The molecule has 9 nitrogen and oxygen atoms in total. The van der Waals surface area contributed by atoms with Crippen LogP contribution in [-0.2, 0) is 6.18 Å². The molecule has 12 heteroatoms. The zero-order valence-corrected chi connectivity index (χ0v) is 18.3. The van der Waals surface area contributed by atoms with Gasteiger partial charge in [-0.2, -0.15) is 17.7 Å². The molecule has 34 heavy (non-hydrogen) atoms. The molecule has 4 aromatic rings. The number of fused-ring (bicyclic) bond motifs is 1. The van der Waals surface area contributed by atoms with Gasteiger partial charge >= 0.3 is 12.2 Å². The monoisotopic (exact) mass is 473 g/mol. The smallest absolute Gasteiger partial charge is 0.403 e. The molecule has 1 aliphatic rings. The molecule has 3 N–H and O–H groups in total. The van der Waals surface area contributed by atoms with Crippen molar-refractivity contribution in [2.24, 2.45) is 5.73 Å². The maximum Gasteiger partial charge on any atom is 0.433 e. The largest absolute Gasteiger partial charge is 0.433 e. The molecule has 0 radical (unpaired) electrons. The third kappa shape index (κ3) is 3.63. The fourth-order valence-corrected chi connectivity index (χ4v) is 4.44. The Balaban J connectivity index is 1.67. The molecular formula is C22H22F3N7O2. The first-order valence-corrected chi connectivity index (χ1v) is 10.9. The molecule has 4 heterocycles. The average Bonchev–Trinajstić information content (AvgIpc) is 3.45. The molecule has 1 aromatic carbocycles. The summed E-state index contributed by atoms with van der Waals surface area (Å²) in [6, 6.07) is 8.26. The predicted octanol–water partition coefficient (Wildman–Crippen LogP) is 3.38. The van der Waals surface area contributed by atoms with Crippen molar-refractivity contribution < 1.29 is 17.6 Å². The van der Waals surface area contributed by atoms with Crippen LogP contribution in [0.15, 0.2) is 39.5 Å². The molecule has 1 unspecified atom stereocenters. The highest BCUT2D eigenvalue weighted by Gasteiger charge is 2.38. The number of halogens is 3. The minimum Gasteiger partial charge on any atom is -0.403 e. The van der Waals surface area contributed by atoms with E-state index in [9.17, 15) is 18.0 Å². The summed E-state index contributed by atoms with van der Waals surface area (Å²) >= 11 is 0. The maximum absolute atomic E-state index is 13.9. The third-order valence-electron chi connectivity index (χ3n) is 6.08. The highest BCUT2D eigenvalue weighted by molar-refractivity contribution is 5.81. The Morgan fingerprint density at radius 1 is 1.18 bits per heavy atom. The van der Waals surface area contributed by atoms with Crippen molar-refractivity contribution >= 4 is 11.7 Å². The van der Waals surface area contributed by atoms with Crippen LogP contribution in [0.1, 0.15) is 30.7 Å². The lowest BCUT2D eigenvalue weighted by atomic mass is 10.0. The normalized spacial score (nSPS) is 17.0. The molecule has 1 saturated heterocycles. The Morgan fingerprint density at radius 3 is 2.65 bits per heavy atom. The van der Waals surface area contributed by atoms with Gasteiger partial charge in [-0.05, 0) is 31.7 Å². The number of aryl methyl sites for hydroxylation is 1. The quantitative estimate of drug-likeness (QED) is 0.466. The first kappa shape index (κ1) is 22.1. The number of nitrogens with one attached hydrogen (secondary N) is 1. The Hall–Kier alpha value is -3.67. The minimum atomic E-state index is -4.73. The summed E-state index contributed by atoms with van der Waals surface area (Å²) in [4.78, 5) is 19.6. The van der Waals surface area contributed by atoms with E-state index in [0.717, 1.165) is 23.8 Å². The summed E-state index contributed by atoms with van der Waals surface area (Å²) in [5.74, 6) is -0.106. The van der Waals surface area contributed by atoms with E-state index in [1.165, 1.54) is 19.1 Å². The zero-order valence-electron chi connectivity index (χ0n) is 18.3. The van der Waals surface area contributed by atoms with E-state index < -0.39 is 17.4 Å². The predicted molar refractivity (Wildman–Crippen MR) is 118 cm³/mol. The van der Waals surface area contributed by atoms with E-state index in [0.29, 0.717) is 13.1 Å². The van der Waals surface area contributed by atoms with Crippen molar-refractivity contribution in [3.63, 3.8) is 0 Å². The van der Waals surface area contributed by atoms with Gasteiger partial charge in [0.25, 0.3) is 11.4 Å². The summed E-state index contributed by atoms with van der Waals surface area (Å²) in [7, 11) is 0. The molecule has 0 bridgehead atoms. The summed E-state index contributed by atoms with van der Waals surface area (Å²) in [5, 5.41) is 10.3. The Labute approximate surface area is 191 Å². The van der Waals surface area contributed by atoms with Gasteiger partial charge in [-0.3, -0.25) is 9.89 Å². The van der Waals surface area contributed by atoms with E-state index >= 15 is 0 Å². The number of H-pyrrole nitrogens is 1. The average molecular weight is 473 g/mol. The van der Waals surface area contributed by atoms with Crippen LogP contribution in [0.3, 0.4) is 0 Å². The highest BCUT2D eigenvalue weighted by atomic mass is 19.4. The van der Waals surface area contributed by atoms with Gasteiger partial charge in [-0.1, -0.05) is 35.4 Å². The summed E-state index contributed by atoms with van der Waals surface area (Å²) < 4.78 is 48.2. The number of anilines is 1. The first-order chi connectivity index (χ1) is 16.3. The van der Waals surface area contributed by atoms with E-state index in [2.05, 4.69) is 20.3 Å². The van der Waals surface area contributed by atoms with Crippen LogP contribution in [0.2, 0.25) is 0 Å². The fourth-order valence-electron chi connectivity index (χ4n) is 4.44. The van der Waals surface area contributed by atoms with Crippen molar-refractivity contribution in [2.75, 3.05) is 18.0 Å². The number of rotatable bonds is 4. The Kier molecular flexibility index (Phi) is 5.39. The molecule has 1 atom stereocenters. The summed E-state index contributed by atoms with van der Waals surface area (Å²) in [5.41, 5.74) is 4.10. The van der Waals surface area contributed by atoms with Gasteiger partial charge < -0.3 is 15.1 Å². The molecule has 0 amide bonds. The van der Waals surface area contributed by atoms with Crippen LogP contribution in [-0.4, -0.2) is 43.9 Å². The molecule has 3 aromatic heterocycles. The maximum atomic E-state index is 13.9. The number of nitrogens with two attached hydrogens (primary N) is 1. The van der Waals surface area contributed by atoms with Gasteiger partial charge in [0, 0.05) is 19.1 Å². The van der Waals surface area contributed by atoms with Gasteiger partial charge in [-0.15, -0.1) is 5.10 Å². The molecule has 0 saturated carbocycles. The van der Waals surface area contributed by atoms with Crippen molar-refractivity contribution in [3.8, 4) is 22.6 Å². The second-order valence-corrected chi connectivity index (χ2v) is 8.23. The van der Waals surface area contributed by atoms with Gasteiger partial charge in [0.05, 0.1) is 11.3 Å². The highest BCUT2D eigenvalue weighted by Crippen LogP contribution is 2.38. The number of nitrogens with zero attached hydrogens (tertiary/aromatic N) is 5. The van der Waals surface area contributed by atoms with E-state index in [1.54, 1.807) is 18.2 Å². The van der Waals surface area contributed by atoms with Gasteiger partial charge in [0.15, 0.2) is 5.65 Å². The van der Waals surface area contributed by atoms with Crippen LogP contribution in [0.4, 0.5) is 19.2 Å². The molecule has 0 spiro atoms. The van der Waals surface area contributed by atoms with Crippen LogP contribution < -0.4 is 16.2 Å². The summed E-state index contributed by atoms with van der Waals surface area (Å²) in [6.45, 7) is 2.63. The number of benzene rings is 1. The van der Waals surface area contributed by atoms with E-state index in [1.807, 2.05) is 4.90 Å². The molecule has 0 aliphatic carbocycles. The third-order valence-corrected chi connectivity index (χ3v) is 6.08. The van der Waals surface area contributed by atoms with Crippen molar-refractivity contribution in [1.29, 1.82) is 0 Å². The number of alkyl halides is 3. The van der Waals surface area contributed by atoms with Crippen LogP contribution in [0, 0.1) is 6.92 Å². The molecular weight excluding hydrogens is 451 g/mol. The van der Waals surface area contributed by atoms with Crippen molar-refractivity contribution in [2.45, 2.75) is 38.4 Å². The number of hydrogen-bond donors (Lipinski definition) is 2. The van der Waals surface area contributed by atoms with E-state index in [4.69, 9.17) is 10.2 Å². The van der Waals surface area contributed by atoms with Gasteiger partial charge in [0.1, 0.15) is 11.3 Å². The minimum absolute atomic E-state index is 0.0380. The zero-order chi connectivity index (χ0) is 24.0. The number of piperidine rings is 1. The lowest BCUT2D eigenvalue weighted by molar-refractivity contribution is -0.140. The standard InChI is InChI=1S/C22H22F3N7O2/c1-12-15(19-28-29-21(34-19)31-10-6-5-9-14(31)11-26)20(33)32-18(27-12)16(13-7-3-2-4-8-13)17(30-32)22(23,24)25/h2-4,7-8,14,30H,5-6,9-11,26H2,1H3. The molecule has 1 fully saturated rings. The van der Waals surface area contributed by atoms with Crippen molar-refractivity contribution in [3.05, 3.63) is 52.1 Å². The Morgan fingerprint density at radius 2 is 1.94 bits per heavy atom. The number of aromatic amines is 1. The first-order valence-electron chi connectivity index (χ1n) is 10.9. The topological polar surface area (TPSA) is 118 Å². The fraction of sp³-hybridized carbons (Fsp3) is 0.364. The van der Waals surface area contributed by atoms with Gasteiger partial charge in [0.2, 0.25) is 0 Å². The lowest BCUT2D eigenvalue weighted by Gasteiger charge is -2.33. The lowest BCUT2D eigenvalue weighted by Crippen LogP contribution is -2.44. The Bertz CT molecular complexity index is 1390. The number of aromatic nitrogens is 5. The van der Waals surface area contributed by atoms with Crippen LogP contribution >= 0.6 is 0 Å². The second-order valence-electron chi connectivity index (χ2n) is 8.23. The van der Waals surface area contributed by atoms with Gasteiger partial charge in [-0.25, -0.2) is 4.98 Å².